The van der Waals surface area contributed by atoms with Crippen molar-refractivity contribution in [2.24, 2.45) is 0 Å². The maximum Gasteiger partial charge on any atom is 0.366 e. The molecule has 1 aliphatic rings. The van der Waals surface area contributed by atoms with Crippen LogP contribution in [0.15, 0.2) is 11.9 Å². The van der Waals surface area contributed by atoms with Crippen LogP contribution in [0.25, 0.3) is 0 Å². The fraction of sp³-hybridized carbons (Fsp3) is 0.700. The van der Waals surface area contributed by atoms with Gasteiger partial charge in [0.25, 0.3) is 0 Å². The van der Waals surface area contributed by atoms with Gasteiger partial charge < -0.3 is 14.2 Å². The molecule has 0 N–H and O–H groups in total. The third-order valence-corrected chi connectivity index (χ3v) is 1.83. The summed E-state index contributed by atoms with van der Waals surface area (Å²) in [5.74, 6) is -2.63. The van der Waals surface area contributed by atoms with Crippen LogP contribution in [0, 0.1) is 0 Å². The molecule has 0 saturated carbocycles. The molecule has 1 aliphatic heterocycles. The zero-order chi connectivity index (χ0) is 11.5. The van der Waals surface area contributed by atoms with Crippen LogP contribution >= 0.6 is 0 Å². The SMILES string of the molecule is CCOC(=O)/C(F)=C/C1COC(C)(C)O1. The maximum atomic E-state index is 13.1. The second-order valence-electron chi connectivity index (χ2n) is 3.60. The van der Waals surface area contributed by atoms with Gasteiger partial charge in [0.05, 0.1) is 13.2 Å². The van der Waals surface area contributed by atoms with Crippen LogP contribution in [-0.2, 0) is 19.0 Å². The first-order valence-electron chi connectivity index (χ1n) is 4.81. The lowest BCUT2D eigenvalue weighted by Crippen LogP contribution is -2.21. The number of carbonyl (C=O) groups is 1. The molecule has 1 fully saturated rings. The van der Waals surface area contributed by atoms with Gasteiger partial charge in [-0.15, -0.1) is 0 Å². The molecule has 0 aromatic carbocycles. The van der Waals surface area contributed by atoms with Crippen LogP contribution in [-0.4, -0.2) is 31.1 Å². The van der Waals surface area contributed by atoms with Gasteiger partial charge in [0.2, 0.25) is 5.83 Å². The van der Waals surface area contributed by atoms with Gasteiger partial charge in [-0.25, -0.2) is 4.79 Å². The van der Waals surface area contributed by atoms with Gasteiger partial charge in [0.15, 0.2) is 5.79 Å². The highest BCUT2D eigenvalue weighted by Crippen LogP contribution is 2.23. The van der Waals surface area contributed by atoms with Crippen molar-refractivity contribution in [3.63, 3.8) is 0 Å². The minimum Gasteiger partial charge on any atom is -0.461 e. The van der Waals surface area contributed by atoms with E-state index in [1.54, 1.807) is 20.8 Å². The first-order valence-corrected chi connectivity index (χ1v) is 4.81. The summed E-state index contributed by atoms with van der Waals surface area (Å²) < 4.78 is 28.1. The summed E-state index contributed by atoms with van der Waals surface area (Å²) in [6.45, 7) is 5.45. The predicted molar refractivity (Wildman–Crippen MR) is 50.7 cm³/mol. The lowest BCUT2D eigenvalue weighted by Gasteiger charge is -2.15. The van der Waals surface area contributed by atoms with E-state index in [0.29, 0.717) is 0 Å². The number of halogens is 1. The summed E-state index contributed by atoms with van der Waals surface area (Å²) in [4.78, 5) is 10.9. The molecule has 5 heteroatoms. The van der Waals surface area contributed by atoms with Gasteiger partial charge in [-0.1, -0.05) is 0 Å². The average Bonchev–Trinajstić information content (AvgIpc) is 2.46. The zero-order valence-corrected chi connectivity index (χ0v) is 9.08. The molecule has 0 aliphatic carbocycles. The Morgan fingerprint density at radius 2 is 2.33 bits per heavy atom. The Hall–Kier alpha value is -0.940. The smallest absolute Gasteiger partial charge is 0.366 e. The summed E-state index contributed by atoms with van der Waals surface area (Å²) >= 11 is 0. The van der Waals surface area contributed by atoms with Crippen LogP contribution in [0.3, 0.4) is 0 Å². The lowest BCUT2D eigenvalue weighted by atomic mass is 10.3. The highest BCUT2D eigenvalue weighted by Gasteiger charge is 2.32. The Kier molecular flexibility index (Phi) is 3.82. The van der Waals surface area contributed by atoms with Crippen molar-refractivity contribution in [3.05, 3.63) is 11.9 Å². The maximum absolute atomic E-state index is 13.1. The van der Waals surface area contributed by atoms with E-state index >= 15 is 0 Å². The van der Waals surface area contributed by atoms with Crippen LogP contribution in [0.5, 0.6) is 0 Å². The molecule has 0 amide bonds. The third-order valence-electron chi connectivity index (χ3n) is 1.83. The molecular weight excluding hydrogens is 203 g/mol. The molecule has 1 heterocycles. The number of rotatable bonds is 3. The van der Waals surface area contributed by atoms with E-state index in [1.165, 1.54) is 0 Å². The summed E-state index contributed by atoms with van der Waals surface area (Å²) in [7, 11) is 0. The van der Waals surface area contributed by atoms with Gasteiger partial charge in [-0.3, -0.25) is 0 Å². The molecule has 0 aromatic heterocycles. The molecule has 1 atom stereocenters. The van der Waals surface area contributed by atoms with E-state index in [2.05, 4.69) is 4.74 Å². The fourth-order valence-electron chi connectivity index (χ4n) is 1.23. The minimum absolute atomic E-state index is 0.146. The van der Waals surface area contributed by atoms with Crippen molar-refractivity contribution >= 4 is 5.97 Å². The van der Waals surface area contributed by atoms with Gasteiger partial charge in [-0.2, -0.15) is 4.39 Å². The van der Waals surface area contributed by atoms with Crippen molar-refractivity contribution < 1.29 is 23.4 Å². The van der Waals surface area contributed by atoms with Gasteiger partial charge in [0.1, 0.15) is 6.10 Å². The standard InChI is InChI=1S/C10H15FO4/c1-4-13-9(12)8(11)5-7-6-14-10(2,3)15-7/h5,7H,4,6H2,1-3H3/b8-5-. The van der Waals surface area contributed by atoms with Crippen LogP contribution in [0.4, 0.5) is 4.39 Å². The Morgan fingerprint density at radius 3 is 2.80 bits per heavy atom. The van der Waals surface area contributed by atoms with Crippen molar-refractivity contribution in [1.82, 2.24) is 0 Å². The summed E-state index contributed by atoms with van der Waals surface area (Å²) in [6.07, 6.45) is 0.539. The number of esters is 1. The number of hydrogen-bond acceptors (Lipinski definition) is 4. The molecule has 0 radical (unpaired) electrons. The van der Waals surface area contributed by atoms with Crippen molar-refractivity contribution in [2.75, 3.05) is 13.2 Å². The zero-order valence-electron chi connectivity index (χ0n) is 9.08. The van der Waals surface area contributed by atoms with E-state index in [1.807, 2.05) is 0 Å². The number of carbonyl (C=O) groups excluding carboxylic acids is 1. The topological polar surface area (TPSA) is 44.8 Å². The van der Waals surface area contributed by atoms with E-state index in [9.17, 15) is 9.18 Å². The normalized spacial score (nSPS) is 25.3. The van der Waals surface area contributed by atoms with Crippen molar-refractivity contribution in [2.45, 2.75) is 32.7 Å². The first-order chi connectivity index (χ1) is 6.94. The number of hydrogen-bond donors (Lipinski definition) is 0. The second kappa shape index (κ2) is 4.72. The number of ether oxygens (including phenoxy) is 3. The Labute approximate surface area is 88.0 Å². The quantitative estimate of drug-likeness (QED) is 0.532. The van der Waals surface area contributed by atoms with Crippen molar-refractivity contribution in [3.8, 4) is 0 Å². The highest BCUT2D eigenvalue weighted by molar-refractivity contribution is 5.85. The summed E-state index contributed by atoms with van der Waals surface area (Å²) in [5.41, 5.74) is 0. The molecule has 1 rings (SSSR count). The van der Waals surface area contributed by atoms with E-state index < -0.39 is 23.7 Å². The second-order valence-corrected chi connectivity index (χ2v) is 3.60. The molecule has 1 unspecified atom stereocenters. The Balaban J connectivity index is 2.53. The lowest BCUT2D eigenvalue weighted by molar-refractivity contribution is -0.141. The highest BCUT2D eigenvalue weighted by atomic mass is 19.1. The average molecular weight is 218 g/mol. The van der Waals surface area contributed by atoms with E-state index in [4.69, 9.17) is 9.47 Å². The molecule has 15 heavy (non-hydrogen) atoms. The summed E-state index contributed by atoms with van der Waals surface area (Å²) in [6, 6.07) is 0. The Morgan fingerprint density at radius 1 is 1.67 bits per heavy atom. The van der Waals surface area contributed by atoms with Crippen LogP contribution < -0.4 is 0 Å². The summed E-state index contributed by atoms with van der Waals surface area (Å²) in [5, 5.41) is 0. The van der Waals surface area contributed by atoms with Crippen LogP contribution in [0.2, 0.25) is 0 Å². The monoisotopic (exact) mass is 218 g/mol. The minimum atomic E-state index is -0.967. The fourth-order valence-corrected chi connectivity index (χ4v) is 1.23. The van der Waals surface area contributed by atoms with Gasteiger partial charge >= 0.3 is 5.97 Å². The molecule has 0 bridgehead atoms. The van der Waals surface area contributed by atoms with E-state index in [-0.39, 0.29) is 13.2 Å². The molecular formula is C10H15FO4. The molecule has 0 aromatic rings. The van der Waals surface area contributed by atoms with Gasteiger partial charge in [0, 0.05) is 0 Å². The van der Waals surface area contributed by atoms with Gasteiger partial charge in [-0.05, 0) is 26.8 Å². The van der Waals surface area contributed by atoms with Crippen molar-refractivity contribution in [1.29, 1.82) is 0 Å². The predicted octanol–water partition coefficient (Wildman–Crippen LogP) is 1.55. The molecule has 86 valence electrons. The largest absolute Gasteiger partial charge is 0.461 e. The molecule has 4 nitrogen and oxygen atoms in total. The molecule has 0 spiro atoms. The van der Waals surface area contributed by atoms with Crippen LogP contribution in [0.1, 0.15) is 20.8 Å². The van der Waals surface area contributed by atoms with E-state index in [0.717, 1.165) is 6.08 Å². The first kappa shape index (κ1) is 12.1. The Bertz CT molecular complexity index is 273. The molecule has 1 saturated heterocycles. The third kappa shape index (κ3) is 3.60.